The number of nitrogens with zero attached hydrogens (tertiary/aromatic N) is 3. The molecule has 1 amide bonds. The van der Waals surface area contributed by atoms with Crippen molar-refractivity contribution in [1.29, 1.82) is 0 Å². The number of carbonyl (C=O) groups excluding carboxylic acids is 1. The number of carboxylic acids is 1. The summed E-state index contributed by atoms with van der Waals surface area (Å²) in [6, 6.07) is 5.87. The number of hydrogen-bond acceptors (Lipinski definition) is 8. The maximum atomic E-state index is 13.0. The highest BCUT2D eigenvalue weighted by molar-refractivity contribution is 8.01. The average Bonchev–Trinajstić information content (AvgIpc) is 2.84. The lowest BCUT2D eigenvalue weighted by atomic mass is 10.0. The van der Waals surface area contributed by atoms with Gasteiger partial charge in [0.15, 0.2) is 12.4 Å². The first-order valence-electron chi connectivity index (χ1n) is 11.2. The lowest BCUT2D eigenvalue weighted by Gasteiger charge is -2.49. The number of nitrogens with one attached hydrogen (secondary N) is 1. The normalized spacial score (nSPS) is 19.8. The molecule has 1 unspecified atom stereocenters. The fourth-order valence-electron chi connectivity index (χ4n) is 4.02. The van der Waals surface area contributed by atoms with E-state index in [2.05, 4.69) is 10.3 Å². The van der Waals surface area contributed by atoms with E-state index in [0.717, 1.165) is 10.5 Å². The molecule has 0 bridgehead atoms. The van der Waals surface area contributed by atoms with E-state index in [1.54, 1.807) is 24.3 Å². The van der Waals surface area contributed by atoms with E-state index in [1.165, 1.54) is 45.4 Å². The lowest BCUT2D eigenvalue weighted by Crippen LogP contribution is -2.70. The molecule has 3 atom stereocenters. The van der Waals surface area contributed by atoms with Crippen LogP contribution in [0.1, 0.15) is 11.8 Å². The minimum Gasteiger partial charge on any atom is -0.477 e. The van der Waals surface area contributed by atoms with Crippen molar-refractivity contribution in [2.45, 2.75) is 29.0 Å². The van der Waals surface area contributed by atoms with Crippen LogP contribution >= 0.6 is 66.5 Å². The second-order valence-corrected chi connectivity index (χ2v) is 13.7. The summed E-state index contributed by atoms with van der Waals surface area (Å²) in [5.41, 5.74) is 1.27. The SMILES string of the molecule is O=C(O)C1=C(CSc2cc[n+](C(O)CP(=O)(O)O)cc2)CS[C@@H]2[C@@H](NC(=S)Cc3cc(Cl)nc(Cl)c3)C(=O)N12. The number of thioether (sulfide) groups is 2. The van der Waals surface area contributed by atoms with Crippen molar-refractivity contribution >= 4 is 83.4 Å². The lowest BCUT2D eigenvalue weighted by molar-refractivity contribution is -0.755. The summed E-state index contributed by atoms with van der Waals surface area (Å²) in [7, 11) is -4.39. The van der Waals surface area contributed by atoms with Gasteiger partial charge in [0.1, 0.15) is 33.6 Å². The molecular weight excluding hydrogens is 630 g/mol. The van der Waals surface area contributed by atoms with Gasteiger partial charge in [0.25, 0.3) is 12.1 Å². The van der Waals surface area contributed by atoms with Crippen molar-refractivity contribution in [2.75, 3.05) is 17.7 Å². The van der Waals surface area contributed by atoms with Gasteiger partial charge in [-0.3, -0.25) is 14.3 Å². The van der Waals surface area contributed by atoms with Gasteiger partial charge in [0.2, 0.25) is 0 Å². The monoisotopic (exact) mass is 651 g/mol. The van der Waals surface area contributed by atoms with Gasteiger partial charge in [-0.1, -0.05) is 35.4 Å². The fourth-order valence-corrected chi connectivity index (χ4v) is 7.80. The van der Waals surface area contributed by atoms with Crippen LogP contribution in [0.2, 0.25) is 10.3 Å². The Morgan fingerprint density at radius 1 is 1.31 bits per heavy atom. The molecule has 4 heterocycles. The molecule has 2 aromatic rings. The molecule has 5 N–H and O–H groups in total. The largest absolute Gasteiger partial charge is 0.477 e. The number of fused-ring (bicyclic) bond motifs is 1. The highest BCUT2D eigenvalue weighted by Gasteiger charge is 2.53. The summed E-state index contributed by atoms with van der Waals surface area (Å²) in [6.07, 6.45) is 1.15. The standard InChI is InChI=1S/C22H21Cl2N4O7PS3/c23-14-5-11(6-15(24)25-14)7-16(37)26-18-20(30)28-19(22(31)32)12(10-39-21(18)28)9-38-13-1-3-27(4-2-13)17(29)8-36(33,34)35/h1-6,17-18,21,29H,7-10H2,(H3-,26,31,32,33,34,35,37)/p+1/t17?,18-,21+/m0/s1. The van der Waals surface area contributed by atoms with Crippen LogP contribution in [0.4, 0.5) is 0 Å². The van der Waals surface area contributed by atoms with Gasteiger partial charge in [-0.25, -0.2) is 9.78 Å². The molecule has 0 aliphatic carbocycles. The maximum absolute atomic E-state index is 13.0. The molecule has 2 aliphatic heterocycles. The van der Waals surface area contributed by atoms with Gasteiger partial charge in [-0.05, 0) is 23.3 Å². The number of aliphatic hydroxyl groups excluding tert-OH is 1. The summed E-state index contributed by atoms with van der Waals surface area (Å²) >= 11 is 20.1. The van der Waals surface area contributed by atoms with Crippen LogP contribution in [0.5, 0.6) is 0 Å². The summed E-state index contributed by atoms with van der Waals surface area (Å²) < 4.78 is 12.4. The Hall–Kier alpha value is -1.74. The van der Waals surface area contributed by atoms with Crippen LogP contribution in [-0.2, 0) is 20.6 Å². The summed E-state index contributed by atoms with van der Waals surface area (Å²) in [5.74, 6) is -0.879. The predicted octanol–water partition coefficient (Wildman–Crippen LogP) is 2.22. The molecule has 11 nitrogen and oxygen atoms in total. The van der Waals surface area contributed by atoms with E-state index >= 15 is 0 Å². The van der Waals surface area contributed by atoms with E-state index < -0.39 is 37.4 Å². The molecule has 2 aliphatic rings. The van der Waals surface area contributed by atoms with Crippen molar-refractivity contribution in [3.8, 4) is 0 Å². The highest BCUT2D eigenvalue weighted by Crippen LogP contribution is 2.42. The number of aromatic nitrogens is 2. The zero-order valence-electron chi connectivity index (χ0n) is 19.8. The summed E-state index contributed by atoms with van der Waals surface area (Å²) in [4.78, 5) is 49.5. The number of carboxylic acid groups (broad SMARTS) is 1. The van der Waals surface area contributed by atoms with E-state index in [9.17, 15) is 24.4 Å². The Balaban J connectivity index is 1.39. The van der Waals surface area contributed by atoms with Gasteiger partial charge in [0, 0.05) is 35.0 Å². The van der Waals surface area contributed by atoms with Crippen LogP contribution in [0.25, 0.3) is 0 Å². The Morgan fingerprint density at radius 2 is 1.95 bits per heavy atom. The smallest absolute Gasteiger partial charge is 0.352 e. The van der Waals surface area contributed by atoms with E-state index in [4.69, 9.17) is 45.2 Å². The first kappa shape index (κ1) is 30.2. The van der Waals surface area contributed by atoms with Crippen LogP contribution in [0.15, 0.2) is 52.8 Å². The van der Waals surface area contributed by atoms with E-state index in [1.807, 2.05) is 0 Å². The molecule has 39 heavy (non-hydrogen) atoms. The first-order valence-corrected chi connectivity index (χ1v) is 16.2. The van der Waals surface area contributed by atoms with Crippen molar-refractivity contribution in [3.63, 3.8) is 0 Å². The fraction of sp³-hybridized carbons (Fsp3) is 0.318. The Labute approximate surface area is 246 Å². The summed E-state index contributed by atoms with van der Waals surface area (Å²) in [6.45, 7) is 0. The molecule has 2 aromatic heterocycles. The molecule has 1 saturated heterocycles. The second kappa shape index (κ2) is 12.4. The summed E-state index contributed by atoms with van der Waals surface area (Å²) in [5, 5.41) is 22.9. The quantitative estimate of drug-likeness (QED) is 0.0636. The van der Waals surface area contributed by atoms with Gasteiger partial charge < -0.3 is 25.3 Å². The number of carbonyl (C=O) groups is 2. The minimum absolute atomic E-state index is 0.0454. The minimum atomic E-state index is -4.39. The zero-order chi connectivity index (χ0) is 28.5. The molecule has 17 heteroatoms. The highest BCUT2D eigenvalue weighted by atomic mass is 35.5. The topological polar surface area (TPSA) is 164 Å². The number of β-lactam (4-membered cyclic amide) rings is 1. The third-order valence-electron chi connectivity index (χ3n) is 5.73. The van der Waals surface area contributed by atoms with Gasteiger partial charge in [0.05, 0.1) is 4.99 Å². The van der Waals surface area contributed by atoms with Gasteiger partial charge in [-0.15, -0.1) is 23.5 Å². The van der Waals surface area contributed by atoms with Crippen molar-refractivity contribution in [3.05, 3.63) is 63.8 Å². The number of hydrogen-bond donors (Lipinski definition) is 5. The molecular formula is C22H22Cl2N4O7PS3+. The molecule has 208 valence electrons. The molecule has 0 aromatic carbocycles. The van der Waals surface area contributed by atoms with E-state index in [-0.39, 0.29) is 28.3 Å². The van der Waals surface area contributed by atoms with E-state index in [0.29, 0.717) is 22.1 Å². The Kier molecular flexibility index (Phi) is 9.62. The number of aliphatic hydroxyl groups is 1. The number of pyridine rings is 2. The molecule has 4 rings (SSSR count). The molecule has 0 spiro atoms. The van der Waals surface area contributed by atoms with Crippen molar-refractivity contribution in [1.82, 2.24) is 15.2 Å². The first-order chi connectivity index (χ1) is 18.3. The zero-order valence-corrected chi connectivity index (χ0v) is 24.7. The van der Waals surface area contributed by atoms with Crippen molar-refractivity contribution < 1.29 is 38.7 Å². The van der Waals surface area contributed by atoms with Gasteiger partial charge in [-0.2, -0.15) is 4.57 Å². The average molecular weight is 653 g/mol. The number of rotatable bonds is 10. The second-order valence-electron chi connectivity index (χ2n) is 8.61. The number of aliphatic carboxylic acids is 1. The van der Waals surface area contributed by atoms with Crippen LogP contribution in [0, 0.1) is 0 Å². The maximum Gasteiger partial charge on any atom is 0.352 e. The predicted molar refractivity (Wildman–Crippen MR) is 151 cm³/mol. The molecule has 1 fully saturated rings. The van der Waals surface area contributed by atoms with Crippen molar-refractivity contribution in [2.24, 2.45) is 0 Å². The third-order valence-corrected chi connectivity index (χ3v) is 9.62. The Morgan fingerprint density at radius 3 is 2.54 bits per heavy atom. The Bertz CT molecular complexity index is 1370. The number of amides is 1. The van der Waals surface area contributed by atoms with Crippen LogP contribution in [-0.4, -0.2) is 75.8 Å². The molecule has 0 saturated carbocycles. The molecule has 0 radical (unpaired) electrons. The van der Waals surface area contributed by atoms with Crippen LogP contribution in [0.3, 0.4) is 0 Å². The van der Waals surface area contributed by atoms with Gasteiger partial charge >= 0.3 is 13.6 Å². The number of halogens is 2. The third kappa shape index (κ3) is 7.51. The van der Waals surface area contributed by atoms with Crippen LogP contribution < -0.4 is 9.88 Å². The number of thiocarbonyl (C=S) groups is 1.